The standard InChI is InChI=1S/C25H30N2O5/c1-20-12-16-26(17-13-20)24(29)32-25(31-22-10-6-3-7-11-22)14-18-27(19-15-25)23(28)30-21-8-4-2-5-9-21/h2-11,20H,12-19H2,1H3. The Labute approximate surface area is 188 Å². The van der Waals surface area contributed by atoms with Crippen molar-refractivity contribution in [1.29, 1.82) is 0 Å². The zero-order valence-corrected chi connectivity index (χ0v) is 18.4. The summed E-state index contributed by atoms with van der Waals surface area (Å²) in [5.41, 5.74) is 0. The highest BCUT2D eigenvalue weighted by Crippen LogP contribution is 2.32. The molecule has 0 spiro atoms. The predicted octanol–water partition coefficient (Wildman–Crippen LogP) is 4.93. The molecule has 0 N–H and O–H groups in total. The first-order chi connectivity index (χ1) is 15.5. The second-order valence-corrected chi connectivity index (χ2v) is 8.53. The topological polar surface area (TPSA) is 68.3 Å². The maximum atomic E-state index is 12.9. The van der Waals surface area contributed by atoms with Crippen LogP contribution in [0.25, 0.3) is 0 Å². The second kappa shape index (κ2) is 9.94. The van der Waals surface area contributed by atoms with Crippen molar-refractivity contribution in [2.45, 2.75) is 38.4 Å². The lowest BCUT2D eigenvalue weighted by Crippen LogP contribution is -2.54. The molecule has 0 aliphatic carbocycles. The summed E-state index contributed by atoms with van der Waals surface area (Å²) in [6, 6.07) is 18.3. The average molecular weight is 439 g/mol. The van der Waals surface area contributed by atoms with Crippen molar-refractivity contribution in [3.8, 4) is 11.5 Å². The SMILES string of the molecule is CC1CCN(C(=O)OC2(Oc3ccccc3)CCN(C(=O)Oc3ccccc3)CC2)CC1. The van der Waals surface area contributed by atoms with Gasteiger partial charge in [0.05, 0.1) is 0 Å². The lowest BCUT2D eigenvalue weighted by atomic mass is 10.00. The van der Waals surface area contributed by atoms with Gasteiger partial charge in [0.2, 0.25) is 0 Å². The fourth-order valence-electron chi connectivity index (χ4n) is 4.03. The molecule has 2 aromatic rings. The number of para-hydroxylation sites is 2. The molecule has 2 saturated heterocycles. The van der Waals surface area contributed by atoms with Crippen LogP contribution in [0.5, 0.6) is 11.5 Å². The van der Waals surface area contributed by atoms with Crippen molar-refractivity contribution >= 4 is 12.2 Å². The van der Waals surface area contributed by atoms with Gasteiger partial charge >= 0.3 is 12.2 Å². The minimum absolute atomic E-state index is 0.354. The summed E-state index contributed by atoms with van der Waals surface area (Å²) in [6.45, 7) is 4.31. The van der Waals surface area contributed by atoms with E-state index in [2.05, 4.69) is 6.92 Å². The van der Waals surface area contributed by atoms with Gasteiger partial charge in [-0.05, 0) is 43.0 Å². The Balaban J connectivity index is 1.42. The summed E-state index contributed by atoms with van der Waals surface area (Å²) < 4.78 is 17.7. The monoisotopic (exact) mass is 438 g/mol. The van der Waals surface area contributed by atoms with Crippen LogP contribution < -0.4 is 9.47 Å². The third kappa shape index (κ3) is 5.52. The van der Waals surface area contributed by atoms with E-state index in [1.165, 1.54) is 0 Å². The van der Waals surface area contributed by atoms with Gasteiger partial charge in [0.1, 0.15) is 11.5 Å². The lowest BCUT2D eigenvalue weighted by molar-refractivity contribution is -0.173. The number of carbonyl (C=O) groups excluding carboxylic acids is 2. The number of carbonyl (C=O) groups is 2. The van der Waals surface area contributed by atoms with Crippen LogP contribution in [-0.2, 0) is 4.74 Å². The molecule has 2 amide bonds. The summed E-state index contributed by atoms with van der Waals surface area (Å²) in [6.07, 6.45) is 1.90. The quantitative estimate of drug-likeness (QED) is 0.634. The number of hydrogen-bond acceptors (Lipinski definition) is 5. The van der Waals surface area contributed by atoms with Crippen LogP contribution in [-0.4, -0.2) is 54.0 Å². The van der Waals surface area contributed by atoms with Gasteiger partial charge in [-0.25, -0.2) is 9.59 Å². The second-order valence-electron chi connectivity index (χ2n) is 8.53. The normalized spacial score (nSPS) is 18.7. The molecule has 4 rings (SSSR count). The van der Waals surface area contributed by atoms with Crippen LogP contribution in [0.15, 0.2) is 60.7 Å². The molecule has 2 fully saturated rings. The molecule has 7 heteroatoms. The maximum absolute atomic E-state index is 12.9. The van der Waals surface area contributed by atoms with Gasteiger partial charge in [-0.1, -0.05) is 43.3 Å². The molecular weight excluding hydrogens is 408 g/mol. The third-order valence-corrected chi connectivity index (χ3v) is 6.09. The number of amides is 2. The first kappa shape index (κ1) is 22.0. The molecule has 2 heterocycles. The Kier molecular flexibility index (Phi) is 6.83. The highest BCUT2D eigenvalue weighted by Gasteiger charge is 2.43. The van der Waals surface area contributed by atoms with Gasteiger partial charge in [-0.2, -0.15) is 0 Å². The van der Waals surface area contributed by atoms with Crippen molar-refractivity contribution in [2.75, 3.05) is 26.2 Å². The molecule has 0 aromatic heterocycles. The van der Waals surface area contributed by atoms with E-state index in [0.717, 1.165) is 12.8 Å². The van der Waals surface area contributed by atoms with E-state index in [1.807, 2.05) is 48.5 Å². The van der Waals surface area contributed by atoms with E-state index in [0.29, 0.717) is 56.4 Å². The van der Waals surface area contributed by atoms with Crippen LogP contribution in [0.3, 0.4) is 0 Å². The van der Waals surface area contributed by atoms with E-state index in [4.69, 9.17) is 14.2 Å². The van der Waals surface area contributed by atoms with Crippen LogP contribution in [0.1, 0.15) is 32.6 Å². The molecule has 0 bridgehead atoms. The Hall–Kier alpha value is -3.22. The minimum atomic E-state index is -1.12. The maximum Gasteiger partial charge on any atom is 0.415 e. The van der Waals surface area contributed by atoms with Crippen LogP contribution in [0.4, 0.5) is 9.59 Å². The summed E-state index contributed by atoms with van der Waals surface area (Å²) in [5.74, 6) is 0.631. The van der Waals surface area contributed by atoms with Crippen molar-refractivity contribution in [3.63, 3.8) is 0 Å². The van der Waals surface area contributed by atoms with Gasteiger partial charge in [-0.15, -0.1) is 0 Å². The first-order valence-electron chi connectivity index (χ1n) is 11.3. The molecule has 170 valence electrons. The molecule has 2 aliphatic heterocycles. The Morgan fingerprint density at radius 3 is 1.91 bits per heavy atom. The number of piperidine rings is 2. The summed E-state index contributed by atoms with van der Waals surface area (Å²) in [4.78, 5) is 28.9. The summed E-state index contributed by atoms with van der Waals surface area (Å²) in [7, 11) is 0. The molecule has 0 radical (unpaired) electrons. The molecule has 32 heavy (non-hydrogen) atoms. The molecular formula is C25H30N2O5. The van der Waals surface area contributed by atoms with Crippen molar-refractivity contribution in [2.24, 2.45) is 5.92 Å². The van der Waals surface area contributed by atoms with E-state index in [1.54, 1.807) is 21.9 Å². The van der Waals surface area contributed by atoms with Gasteiger partial charge in [0, 0.05) is 39.0 Å². The number of nitrogens with zero attached hydrogens (tertiary/aromatic N) is 2. The van der Waals surface area contributed by atoms with Gasteiger partial charge in [0.15, 0.2) is 0 Å². The first-order valence-corrected chi connectivity index (χ1v) is 11.3. The zero-order valence-electron chi connectivity index (χ0n) is 18.4. The highest BCUT2D eigenvalue weighted by atomic mass is 16.7. The molecule has 0 saturated carbocycles. The molecule has 0 atom stereocenters. The Bertz CT molecular complexity index is 889. The summed E-state index contributed by atoms with van der Waals surface area (Å²) in [5, 5.41) is 0. The van der Waals surface area contributed by atoms with E-state index in [-0.39, 0.29) is 6.09 Å². The predicted molar refractivity (Wildman–Crippen MR) is 120 cm³/mol. The largest absolute Gasteiger partial charge is 0.452 e. The molecule has 7 nitrogen and oxygen atoms in total. The fraction of sp³-hybridized carbons (Fsp3) is 0.440. The number of rotatable bonds is 4. The smallest absolute Gasteiger partial charge is 0.415 e. The number of likely N-dealkylation sites (tertiary alicyclic amines) is 2. The van der Waals surface area contributed by atoms with Crippen molar-refractivity contribution < 1.29 is 23.8 Å². The van der Waals surface area contributed by atoms with E-state index in [9.17, 15) is 9.59 Å². The van der Waals surface area contributed by atoms with E-state index < -0.39 is 11.9 Å². The Morgan fingerprint density at radius 1 is 0.781 bits per heavy atom. The molecule has 0 unspecified atom stereocenters. The van der Waals surface area contributed by atoms with Gasteiger partial charge < -0.3 is 24.0 Å². The lowest BCUT2D eigenvalue weighted by Gasteiger charge is -2.41. The molecule has 2 aromatic carbocycles. The van der Waals surface area contributed by atoms with E-state index >= 15 is 0 Å². The highest BCUT2D eigenvalue weighted by molar-refractivity contribution is 5.71. The number of benzene rings is 2. The minimum Gasteiger partial charge on any atom is -0.452 e. The zero-order chi connectivity index (χ0) is 22.4. The fourth-order valence-corrected chi connectivity index (χ4v) is 4.03. The van der Waals surface area contributed by atoms with Gasteiger partial charge in [-0.3, -0.25) is 0 Å². The number of hydrogen-bond donors (Lipinski definition) is 0. The van der Waals surface area contributed by atoms with Crippen LogP contribution in [0, 0.1) is 5.92 Å². The van der Waals surface area contributed by atoms with Crippen molar-refractivity contribution in [3.05, 3.63) is 60.7 Å². The van der Waals surface area contributed by atoms with Crippen LogP contribution >= 0.6 is 0 Å². The van der Waals surface area contributed by atoms with Gasteiger partial charge in [0.25, 0.3) is 5.79 Å². The average Bonchev–Trinajstić information content (AvgIpc) is 2.81. The summed E-state index contributed by atoms with van der Waals surface area (Å²) >= 11 is 0. The van der Waals surface area contributed by atoms with Crippen LogP contribution in [0.2, 0.25) is 0 Å². The Morgan fingerprint density at radius 2 is 1.31 bits per heavy atom. The molecule has 2 aliphatic rings. The third-order valence-electron chi connectivity index (χ3n) is 6.09. The van der Waals surface area contributed by atoms with Crippen molar-refractivity contribution in [1.82, 2.24) is 9.80 Å². The number of ether oxygens (including phenoxy) is 3.